The van der Waals surface area contributed by atoms with Crippen molar-refractivity contribution in [3.05, 3.63) is 70.2 Å². The number of ether oxygens (including phenoxy) is 1. The number of carbonyl (C=O) groups is 1. The van der Waals surface area contributed by atoms with Crippen LogP contribution in [0.15, 0.2) is 58.2 Å². The van der Waals surface area contributed by atoms with Crippen LogP contribution in [0.2, 0.25) is 0 Å². The Bertz CT molecular complexity index is 1010. The number of halogens is 2. The highest BCUT2D eigenvalue weighted by Crippen LogP contribution is 2.27. The number of para-hydroxylation sites is 1. The summed E-state index contributed by atoms with van der Waals surface area (Å²) in [6, 6.07) is 13.6. The Balaban J connectivity index is 1.76. The molecule has 30 heavy (non-hydrogen) atoms. The maximum Gasteiger partial charge on any atom is 0.191 e. The van der Waals surface area contributed by atoms with Crippen LogP contribution in [0.1, 0.15) is 43.1 Å². The van der Waals surface area contributed by atoms with E-state index in [1.165, 1.54) is 17.8 Å². The summed E-state index contributed by atoms with van der Waals surface area (Å²) < 4.78 is 22.6. The largest absolute Gasteiger partial charge is 0.480 e. The number of Topliss-reactive ketones (excluding diaryl/α,β-unsaturated/α-hetero) is 1. The zero-order chi connectivity index (χ0) is 21.7. The number of thioether (sulfide) groups is 1. The minimum atomic E-state index is -0.496. The van der Waals surface area contributed by atoms with Crippen molar-refractivity contribution in [3.8, 4) is 5.75 Å². The van der Waals surface area contributed by atoms with Gasteiger partial charge in [-0.3, -0.25) is 4.79 Å². The first-order valence-electron chi connectivity index (χ1n) is 9.61. The molecule has 5 nitrogen and oxygen atoms in total. The number of hydrogen-bond acceptors (Lipinski definition) is 5. The molecule has 3 aromatic rings. The summed E-state index contributed by atoms with van der Waals surface area (Å²) in [5, 5.41) is 9.21. The lowest BCUT2D eigenvalue weighted by Gasteiger charge is -2.18. The Kier molecular flexibility index (Phi) is 7.66. The van der Waals surface area contributed by atoms with Crippen LogP contribution in [0.4, 0.5) is 4.39 Å². The summed E-state index contributed by atoms with van der Waals surface area (Å²) in [4.78, 5) is 12.5. The highest BCUT2D eigenvalue weighted by atomic mass is 79.9. The predicted molar refractivity (Wildman–Crippen MR) is 119 cm³/mol. The maximum atomic E-state index is 14.0. The summed E-state index contributed by atoms with van der Waals surface area (Å²) in [5.41, 5.74) is 0.650. The van der Waals surface area contributed by atoms with Gasteiger partial charge in [-0.2, -0.15) is 0 Å². The Labute approximate surface area is 188 Å². The molecule has 2 aromatic carbocycles. The molecule has 0 saturated carbocycles. The minimum absolute atomic E-state index is 0.0174. The molecule has 1 aromatic heterocycles. The lowest BCUT2D eigenvalue weighted by atomic mass is 10.2. The van der Waals surface area contributed by atoms with Gasteiger partial charge in [-0.25, -0.2) is 4.39 Å². The molecule has 3 rings (SSSR count). The molecule has 0 aliphatic rings. The molecule has 0 saturated heterocycles. The average molecular weight is 492 g/mol. The zero-order valence-electron chi connectivity index (χ0n) is 17.0. The van der Waals surface area contributed by atoms with Crippen molar-refractivity contribution in [1.29, 1.82) is 0 Å². The van der Waals surface area contributed by atoms with E-state index in [0.29, 0.717) is 29.0 Å². The standard InChI is InChI=1S/C22H23BrFN3O2S/c1-14(2)12-27-21(15(3)29-20-7-5-4-6-18(20)24)25-26-22(27)30-13-19(28)16-8-10-17(23)11-9-16/h4-11,14-15H,12-13H2,1-3H3. The molecule has 0 radical (unpaired) electrons. The molecule has 1 atom stereocenters. The van der Waals surface area contributed by atoms with Gasteiger partial charge in [-0.1, -0.05) is 65.8 Å². The topological polar surface area (TPSA) is 57.0 Å². The van der Waals surface area contributed by atoms with E-state index in [0.717, 1.165) is 4.47 Å². The van der Waals surface area contributed by atoms with Gasteiger partial charge in [0.15, 0.2) is 34.4 Å². The van der Waals surface area contributed by atoms with E-state index in [1.807, 2.05) is 23.6 Å². The van der Waals surface area contributed by atoms with Gasteiger partial charge in [0.1, 0.15) is 0 Å². The summed E-state index contributed by atoms with van der Waals surface area (Å²) in [7, 11) is 0. The van der Waals surface area contributed by atoms with Gasteiger partial charge in [0.05, 0.1) is 5.75 Å². The summed E-state index contributed by atoms with van der Waals surface area (Å²) >= 11 is 4.72. The SMILES string of the molecule is CC(C)Cn1c(SCC(=O)c2ccc(Br)cc2)nnc1C(C)Oc1ccccc1F. The average Bonchev–Trinajstić information content (AvgIpc) is 3.10. The van der Waals surface area contributed by atoms with E-state index >= 15 is 0 Å². The van der Waals surface area contributed by atoms with Gasteiger partial charge >= 0.3 is 0 Å². The van der Waals surface area contributed by atoms with Crippen LogP contribution in [0, 0.1) is 11.7 Å². The molecular weight excluding hydrogens is 469 g/mol. The Morgan fingerprint density at radius 2 is 1.83 bits per heavy atom. The third-order valence-corrected chi connectivity index (χ3v) is 5.79. The van der Waals surface area contributed by atoms with E-state index in [9.17, 15) is 9.18 Å². The van der Waals surface area contributed by atoms with E-state index < -0.39 is 11.9 Å². The van der Waals surface area contributed by atoms with E-state index in [4.69, 9.17) is 4.74 Å². The number of benzene rings is 2. The van der Waals surface area contributed by atoms with Crippen molar-refractivity contribution < 1.29 is 13.9 Å². The Hall–Kier alpha value is -2.19. The number of ketones is 1. The second-order valence-electron chi connectivity index (χ2n) is 7.25. The lowest BCUT2D eigenvalue weighted by molar-refractivity contribution is 0.102. The first-order valence-corrected chi connectivity index (χ1v) is 11.4. The summed E-state index contributed by atoms with van der Waals surface area (Å²) in [6.45, 7) is 6.66. The number of nitrogens with zero attached hydrogens (tertiary/aromatic N) is 3. The van der Waals surface area contributed by atoms with Gasteiger partial charge in [-0.15, -0.1) is 10.2 Å². The molecule has 0 fully saturated rings. The molecule has 1 heterocycles. The van der Waals surface area contributed by atoms with Crippen molar-refractivity contribution in [3.63, 3.8) is 0 Å². The number of aromatic nitrogens is 3. The van der Waals surface area contributed by atoms with Crippen molar-refractivity contribution in [2.75, 3.05) is 5.75 Å². The quantitative estimate of drug-likeness (QED) is 0.273. The van der Waals surface area contributed by atoms with E-state index in [2.05, 4.69) is 40.0 Å². The molecule has 0 spiro atoms. The Morgan fingerprint density at radius 3 is 2.50 bits per heavy atom. The fourth-order valence-electron chi connectivity index (χ4n) is 2.88. The third-order valence-electron chi connectivity index (χ3n) is 4.30. The van der Waals surface area contributed by atoms with Crippen LogP contribution >= 0.6 is 27.7 Å². The van der Waals surface area contributed by atoms with Crippen LogP contribution in [0.3, 0.4) is 0 Å². The second kappa shape index (κ2) is 10.2. The van der Waals surface area contributed by atoms with Gasteiger partial charge in [0, 0.05) is 16.6 Å². The smallest absolute Gasteiger partial charge is 0.191 e. The van der Waals surface area contributed by atoms with Crippen molar-refractivity contribution in [1.82, 2.24) is 14.8 Å². The van der Waals surface area contributed by atoms with Crippen LogP contribution in [0.25, 0.3) is 0 Å². The van der Waals surface area contributed by atoms with Gasteiger partial charge < -0.3 is 9.30 Å². The van der Waals surface area contributed by atoms with E-state index in [1.54, 1.807) is 30.3 Å². The first kappa shape index (κ1) is 22.5. The molecule has 158 valence electrons. The van der Waals surface area contributed by atoms with Crippen LogP contribution in [0.5, 0.6) is 5.75 Å². The highest BCUT2D eigenvalue weighted by Gasteiger charge is 2.22. The molecular formula is C22H23BrFN3O2S. The minimum Gasteiger partial charge on any atom is -0.480 e. The highest BCUT2D eigenvalue weighted by molar-refractivity contribution is 9.10. The molecule has 0 amide bonds. The Morgan fingerprint density at radius 1 is 1.13 bits per heavy atom. The van der Waals surface area contributed by atoms with Gasteiger partial charge in [0.2, 0.25) is 0 Å². The van der Waals surface area contributed by atoms with Gasteiger partial charge in [0.25, 0.3) is 0 Å². The van der Waals surface area contributed by atoms with Gasteiger partial charge in [-0.05, 0) is 37.1 Å². The monoisotopic (exact) mass is 491 g/mol. The number of rotatable bonds is 9. The van der Waals surface area contributed by atoms with Crippen molar-refractivity contribution in [2.24, 2.45) is 5.92 Å². The van der Waals surface area contributed by atoms with Crippen LogP contribution in [-0.4, -0.2) is 26.3 Å². The van der Waals surface area contributed by atoms with E-state index in [-0.39, 0.29) is 17.3 Å². The third kappa shape index (κ3) is 5.70. The molecule has 0 aliphatic heterocycles. The molecule has 1 unspecified atom stereocenters. The predicted octanol–water partition coefficient (Wildman–Crippen LogP) is 5.95. The fraction of sp³-hybridized carbons (Fsp3) is 0.318. The van der Waals surface area contributed by atoms with Crippen molar-refractivity contribution >= 4 is 33.5 Å². The molecule has 0 bridgehead atoms. The van der Waals surface area contributed by atoms with Crippen molar-refractivity contribution in [2.45, 2.75) is 38.6 Å². The summed E-state index contributed by atoms with van der Waals surface area (Å²) in [6.07, 6.45) is -0.496. The van der Waals surface area contributed by atoms with Crippen LogP contribution < -0.4 is 4.74 Å². The lowest BCUT2D eigenvalue weighted by Crippen LogP contribution is -2.16. The van der Waals surface area contributed by atoms with Crippen LogP contribution in [-0.2, 0) is 6.54 Å². The maximum absolute atomic E-state index is 14.0. The number of hydrogen-bond donors (Lipinski definition) is 0. The second-order valence-corrected chi connectivity index (χ2v) is 9.11. The zero-order valence-corrected chi connectivity index (χ0v) is 19.4. The summed E-state index contributed by atoms with van der Waals surface area (Å²) in [5.74, 6) is 0.953. The number of carbonyl (C=O) groups excluding carboxylic acids is 1. The first-order chi connectivity index (χ1) is 14.3. The fourth-order valence-corrected chi connectivity index (χ4v) is 3.99. The molecule has 0 aliphatic carbocycles. The normalized spacial score (nSPS) is 12.2. The molecule has 8 heteroatoms. The molecule has 0 N–H and O–H groups in total.